The van der Waals surface area contributed by atoms with E-state index in [1.165, 1.54) is 31.5 Å². The van der Waals surface area contributed by atoms with Gasteiger partial charge in [0, 0.05) is 16.7 Å². The molecule has 1 amide bonds. The van der Waals surface area contributed by atoms with Crippen molar-refractivity contribution in [3.63, 3.8) is 0 Å². The van der Waals surface area contributed by atoms with Gasteiger partial charge in [0.15, 0.2) is 11.5 Å². The van der Waals surface area contributed by atoms with Gasteiger partial charge in [0.25, 0.3) is 11.6 Å². The van der Waals surface area contributed by atoms with Crippen molar-refractivity contribution in [2.45, 2.75) is 0 Å². The molecule has 3 aromatic carbocycles. The van der Waals surface area contributed by atoms with E-state index in [-0.39, 0.29) is 17.2 Å². The minimum atomic E-state index is -0.786. The van der Waals surface area contributed by atoms with Gasteiger partial charge in [-0.25, -0.2) is 5.43 Å². The van der Waals surface area contributed by atoms with Gasteiger partial charge < -0.3 is 9.47 Å². The van der Waals surface area contributed by atoms with Crippen LogP contribution in [0, 0.1) is 20.2 Å². The first kappa shape index (κ1) is 23.2. The first-order chi connectivity index (χ1) is 15.8. The summed E-state index contributed by atoms with van der Waals surface area (Å²) < 4.78 is 10.8. The number of rotatable bonds is 8. The molecule has 168 valence electrons. The summed E-state index contributed by atoms with van der Waals surface area (Å²) in [5, 5.41) is 26.6. The lowest BCUT2D eigenvalue weighted by atomic mass is 10.2. The Balaban J connectivity index is 1.83. The molecule has 3 aromatic rings. The Morgan fingerprint density at radius 3 is 2.42 bits per heavy atom. The third kappa shape index (κ3) is 5.80. The van der Waals surface area contributed by atoms with Gasteiger partial charge in [-0.1, -0.05) is 17.7 Å². The van der Waals surface area contributed by atoms with Crippen LogP contribution in [0.4, 0.5) is 11.4 Å². The number of methoxy groups -OCH3 is 1. The van der Waals surface area contributed by atoms with E-state index < -0.39 is 27.1 Å². The number of carbonyl (C=O) groups is 1. The van der Waals surface area contributed by atoms with Gasteiger partial charge in [-0.2, -0.15) is 5.10 Å². The molecule has 0 aliphatic heterocycles. The summed E-state index contributed by atoms with van der Waals surface area (Å²) in [6.07, 6.45) is 1.33. The molecule has 0 bridgehead atoms. The van der Waals surface area contributed by atoms with E-state index in [2.05, 4.69) is 10.5 Å². The van der Waals surface area contributed by atoms with Gasteiger partial charge in [0.2, 0.25) is 5.75 Å². The van der Waals surface area contributed by atoms with Crippen LogP contribution in [-0.4, -0.2) is 29.1 Å². The zero-order valence-corrected chi connectivity index (χ0v) is 17.7. The summed E-state index contributed by atoms with van der Waals surface area (Å²) in [5.74, 6) is -0.338. The number of nitrogens with one attached hydrogen (secondary N) is 1. The summed E-state index contributed by atoms with van der Waals surface area (Å²) in [7, 11) is 1.38. The molecule has 0 aliphatic carbocycles. The van der Waals surface area contributed by atoms with Gasteiger partial charge in [-0.3, -0.25) is 25.0 Å². The van der Waals surface area contributed by atoms with E-state index in [4.69, 9.17) is 21.1 Å². The molecule has 0 spiro atoms. The zero-order valence-electron chi connectivity index (χ0n) is 16.9. The van der Waals surface area contributed by atoms with Crippen LogP contribution in [-0.2, 0) is 0 Å². The number of nitrogens with zero attached hydrogens (tertiary/aromatic N) is 3. The highest BCUT2D eigenvalue weighted by Gasteiger charge is 2.22. The van der Waals surface area contributed by atoms with Crippen LogP contribution in [0.25, 0.3) is 0 Å². The Bertz CT molecular complexity index is 1260. The molecule has 0 saturated carbocycles. The highest BCUT2D eigenvalue weighted by atomic mass is 35.5. The normalized spacial score (nSPS) is 10.6. The molecule has 33 heavy (non-hydrogen) atoms. The molecule has 12 heteroatoms. The molecule has 0 radical (unpaired) electrons. The predicted molar refractivity (Wildman–Crippen MR) is 119 cm³/mol. The molecule has 1 N–H and O–H groups in total. The van der Waals surface area contributed by atoms with Crippen molar-refractivity contribution in [3.8, 4) is 17.2 Å². The first-order valence-corrected chi connectivity index (χ1v) is 9.54. The Labute approximate surface area is 191 Å². The van der Waals surface area contributed by atoms with Crippen LogP contribution >= 0.6 is 11.6 Å². The van der Waals surface area contributed by atoms with Crippen LogP contribution in [0.1, 0.15) is 15.9 Å². The number of ether oxygens (including phenoxy) is 2. The van der Waals surface area contributed by atoms with Crippen molar-refractivity contribution < 1.29 is 24.1 Å². The van der Waals surface area contributed by atoms with Crippen molar-refractivity contribution in [1.29, 1.82) is 0 Å². The molecule has 0 fully saturated rings. The van der Waals surface area contributed by atoms with E-state index in [1.54, 1.807) is 24.3 Å². The van der Waals surface area contributed by atoms with Gasteiger partial charge in [0.1, 0.15) is 0 Å². The fourth-order valence-electron chi connectivity index (χ4n) is 2.68. The van der Waals surface area contributed by atoms with Crippen molar-refractivity contribution in [3.05, 3.63) is 97.0 Å². The van der Waals surface area contributed by atoms with Gasteiger partial charge in [-0.05, 0) is 48.0 Å². The fraction of sp³-hybridized carbons (Fsp3) is 0.0476. The van der Waals surface area contributed by atoms with E-state index >= 15 is 0 Å². The molecular weight excluding hydrogens is 456 g/mol. The molecule has 11 nitrogen and oxygen atoms in total. The molecule has 0 aromatic heterocycles. The summed E-state index contributed by atoms with van der Waals surface area (Å²) >= 11 is 5.87. The number of halogens is 1. The van der Waals surface area contributed by atoms with E-state index in [0.29, 0.717) is 16.1 Å². The average Bonchev–Trinajstić information content (AvgIpc) is 2.79. The van der Waals surface area contributed by atoms with Gasteiger partial charge in [-0.15, -0.1) is 0 Å². The number of hydrogen-bond donors (Lipinski definition) is 1. The second kappa shape index (κ2) is 10.2. The maximum Gasteiger partial charge on any atom is 0.318 e. The summed E-state index contributed by atoms with van der Waals surface area (Å²) in [4.78, 5) is 32.9. The summed E-state index contributed by atoms with van der Waals surface area (Å²) in [6, 6.07) is 14.0. The van der Waals surface area contributed by atoms with Crippen molar-refractivity contribution in [2.75, 3.05) is 7.11 Å². The topological polar surface area (TPSA) is 146 Å². The number of benzene rings is 3. The number of hydrogen-bond acceptors (Lipinski definition) is 8. The first-order valence-electron chi connectivity index (χ1n) is 9.16. The lowest BCUT2D eigenvalue weighted by Crippen LogP contribution is -2.17. The van der Waals surface area contributed by atoms with Crippen LogP contribution < -0.4 is 14.9 Å². The van der Waals surface area contributed by atoms with Gasteiger partial charge in [0.05, 0.1) is 29.2 Å². The van der Waals surface area contributed by atoms with Crippen LogP contribution in [0.15, 0.2) is 65.8 Å². The minimum absolute atomic E-state index is 0.0968. The van der Waals surface area contributed by atoms with Crippen LogP contribution in [0.5, 0.6) is 17.2 Å². The lowest BCUT2D eigenvalue weighted by molar-refractivity contribution is -0.394. The zero-order chi connectivity index (χ0) is 24.0. The second-order valence-corrected chi connectivity index (χ2v) is 6.82. The molecule has 0 unspecified atom stereocenters. The number of nitro groups is 2. The van der Waals surface area contributed by atoms with Gasteiger partial charge >= 0.3 is 5.69 Å². The largest absolute Gasteiger partial charge is 0.493 e. The minimum Gasteiger partial charge on any atom is -0.493 e. The monoisotopic (exact) mass is 470 g/mol. The smallest absolute Gasteiger partial charge is 0.318 e. The highest BCUT2D eigenvalue weighted by Crippen LogP contribution is 2.38. The third-order valence-corrected chi connectivity index (χ3v) is 4.46. The van der Waals surface area contributed by atoms with Crippen molar-refractivity contribution >= 4 is 35.1 Å². The SMILES string of the molecule is COc1ccc(/C=N\NC(=O)c2cccc(Cl)c2)cc1Oc1ccc([N+](=O)[O-])cc1[N+](=O)[O-]. The quantitative estimate of drug-likeness (QED) is 0.284. The number of carbonyl (C=O) groups excluding carboxylic acids is 1. The maximum atomic E-state index is 12.1. The van der Waals surface area contributed by atoms with Crippen molar-refractivity contribution in [1.82, 2.24) is 5.43 Å². The summed E-state index contributed by atoms with van der Waals surface area (Å²) in [6.45, 7) is 0. The fourth-order valence-corrected chi connectivity index (χ4v) is 2.87. The predicted octanol–water partition coefficient (Wildman–Crippen LogP) is 4.72. The Kier molecular flexibility index (Phi) is 7.16. The van der Waals surface area contributed by atoms with Crippen molar-refractivity contribution in [2.24, 2.45) is 5.10 Å². The Morgan fingerprint density at radius 2 is 1.76 bits per heavy atom. The van der Waals surface area contributed by atoms with E-state index in [1.807, 2.05) is 0 Å². The number of non-ortho nitro benzene ring substituents is 1. The van der Waals surface area contributed by atoms with E-state index in [0.717, 1.165) is 18.2 Å². The number of hydrazone groups is 1. The molecule has 0 heterocycles. The maximum absolute atomic E-state index is 12.1. The molecule has 3 rings (SSSR count). The molecule has 0 aliphatic rings. The van der Waals surface area contributed by atoms with Crippen LogP contribution in [0.3, 0.4) is 0 Å². The standard InChI is InChI=1S/C21H15ClN4O7/c1-32-19-7-5-13(12-23-24-21(27)14-3-2-4-15(22)10-14)9-20(19)33-18-8-6-16(25(28)29)11-17(18)26(30)31/h2-12H,1H3,(H,24,27)/b23-12-. The highest BCUT2D eigenvalue weighted by molar-refractivity contribution is 6.30. The molecule has 0 atom stereocenters. The van der Waals surface area contributed by atoms with Crippen LogP contribution in [0.2, 0.25) is 5.02 Å². The molecule has 0 saturated heterocycles. The lowest BCUT2D eigenvalue weighted by Gasteiger charge is -2.11. The second-order valence-electron chi connectivity index (χ2n) is 6.39. The Hall–Kier alpha value is -4.51. The third-order valence-electron chi connectivity index (χ3n) is 4.22. The summed E-state index contributed by atoms with van der Waals surface area (Å²) in [5.41, 5.74) is 2.13. The Morgan fingerprint density at radius 1 is 1.00 bits per heavy atom. The van der Waals surface area contributed by atoms with E-state index in [9.17, 15) is 25.0 Å². The number of nitro benzene ring substituents is 2. The average molecular weight is 471 g/mol. The molecular formula is C21H15ClN4O7. The number of amides is 1.